The van der Waals surface area contributed by atoms with Crippen molar-refractivity contribution >= 4 is 29.3 Å². The van der Waals surface area contributed by atoms with Gasteiger partial charge < -0.3 is 0 Å². The second kappa shape index (κ2) is 5.98. The zero-order chi connectivity index (χ0) is 13.0. The fourth-order valence-corrected chi connectivity index (χ4v) is 1.87. The molecule has 0 saturated heterocycles. The lowest BCUT2D eigenvalue weighted by molar-refractivity contribution is 0.571. The number of aryl methyl sites for hydroxylation is 1. The van der Waals surface area contributed by atoms with Crippen LogP contribution < -0.4 is 0 Å². The summed E-state index contributed by atoms with van der Waals surface area (Å²) in [5.41, 5.74) is 2.08. The highest BCUT2D eigenvalue weighted by Crippen LogP contribution is 2.18. The molecule has 0 fully saturated rings. The Labute approximate surface area is 115 Å². The molecular weight excluding hydrogens is 271 g/mol. The van der Waals surface area contributed by atoms with Crippen molar-refractivity contribution in [2.24, 2.45) is 0 Å². The van der Waals surface area contributed by atoms with E-state index in [1.807, 2.05) is 30.4 Å². The summed E-state index contributed by atoms with van der Waals surface area (Å²) < 4.78 is 0. The molecule has 0 aliphatic heterocycles. The molecule has 6 heteroatoms. The van der Waals surface area contributed by atoms with Crippen LogP contribution in [-0.4, -0.2) is 26.1 Å². The molecule has 2 aromatic rings. The third-order valence-electron chi connectivity index (χ3n) is 2.36. The van der Waals surface area contributed by atoms with Gasteiger partial charge in [0, 0.05) is 10.9 Å². The third-order valence-corrected chi connectivity index (χ3v) is 2.77. The SMILES string of the molecule is Cc1nnn(Cc2cc(Cl)ccc2/C=C/CCl)n1. The molecule has 0 aliphatic rings. The van der Waals surface area contributed by atoms with Crippen LogP contribution in [0.5, 0.6) is 0 Å². The van der Waals surface area contributed by atoms with Crippen molar-refractivity contribution in [1.29, 1.82) is 0 Å². The quantitative estimate of drug-likeness (QED) is 0.810. The largest absolute Gasteiger partial charge is 0.171 e. The van der Waals surface area contributed by atoms with Crippen molar-refractivity contribution < 1.29 is 0 Å². The molecule has 94 valence electrons. The monoisotopic (exact) mass is 282 g/mol. The molecule has 1 heterocycles. The molecule has 0 atom stereocenters. The second-order valence-electron chi connectivity index (χ2n) is 3.77. The van der Waals surface area contributed by atoms with Crippen LogP contribution in [0, 0.1) is 6.92 Å². The predicted molar refractivity (Wildman–Crippen MR) is 72.9 cm³/mol. The van der Waals surface area contributed by atoms with Gasteiger partial charge in [-0.05, 0) is 35.4 Å². The Morgan fingerprint density at radius 2 is 2.22 bits per heavy atom. The number of allylic oxidation sites excluding steroid dienone is 1. The summed E-state index contributed by atoms with van der Waals surface area (Å²) in [6.45, 7) is 2.33. The Morgan fingerprint density at radius 1 is 1.39 bits per heavy atom. The van der Waals surface area contributed by atoms with Crippen LogP contribution in [-0.2, 0) is 6.54 Å². The van der Waals surface area contributed by atoms with Crippen LogP contribution in [0.4, 0.5) is 0 Å². The van der Waals surface area contributed by atoms with E-state index in [1.54, 1.807) is 11.7 Å². The van der Waals surface area contributed by atoms with E-state index < -0.39 is 0 Å². The standard InChI is InChI=1S/C12H12Cl2N4/c1-9-15-17-18(16-9)8-11-7-12(14)5-4-10(11)3-2-6-13/h2-5,7H,6,8H2,1H3/b3-2+. The van der Waals surface area contributed by atoms with E-state index in [0.717, 1.165) is 11.1 Å². The lowest BCUT2D eigenvalue weighted by Gasteiger charge is -2.05. The summed E-state index contributed by atoms with van der Waals surface area (Å²) in [5.74, 6) is 1.12. The highest BCUT2D eigenvalue weighted by molar-refractivity contribution is 6.30. The summed E-state index contributed by atoms with van der Waals surface area (Å²) in [7, 11) is 0. The fraction of sp³-hybridized carbons (Fsp3) is 0.250. The summed E-state index contributed by atoms with van der Waals surface area (Å²) in [6, 6.07) is 5.69. The lowest BCUT2D eigenvalue weighted by Crippen LogP contribution is -2.05. The van der Waals surface area contributed by atoms with Gasteiger partial charge in [-0.15, -0.1) is 21.8 Å². The molecule has 2 rings (SSSR count). The average Bonchev–Trinajstić information content (AvgIpc) is 2.74. The molecule has 4 nitrogen and oxygen atoms in total. The van der Waals surface area contributed by atoms with Crippen LogP contribution in [0.15, 0.2) is 24.3 Å². The van der Waals surface area contributed by atoms with Gasteiger partial charge in [-0.1, -0.05) is 29.8 Å². The summed E-state index contributed by atoms with van der Waals surface area (Å²) in [6.07, 6.45) is 3.84. The van der Waals surface area contributed by atoms with E-state index in [0.29, 0.717) is 23.3 Å². The molecule has 0 spiro atoms. The first-order valence-electron chi connectivity index (χ1n) is 5.44. The van der Waals surface area contributed by atoms with Gasteiger partial charge in [0.15, 0.2) is 5.82 Å². The van der Waals surface area contributed by atoms with Crippen LogP contribution in [0.1, 0.15) is 17.0 Å². The van der Waals surface area contributed by atoms with Crippen LogP contribution in [0.25, 0.3) is 6.08 Å². The first-order chi connectivity index (χ1) is 8.69. The summed E-state index contributed by atoms with van der Waals surface area (Å²) in [4.78, 5) is 1.54. The number of rotatable bonds is 4. The minimum absolute atomic E-state index is 0.475. The van der Waals surface area contributed by atoms with Crippen molar-refractivity contribution in [3.8, 4) is 0 Å². The van der Waals surface area contributed by atoms with E-state index in [-0.39, 0.29) is 0 Å². The molecule has 1 aromatic heterocycles. The molecule has 0 aliphatic carbocycles. The van der Waals surface area contributed by atoms with Crippen molar-refractivity contribution in [1.82, 2.24) is 20.2 Å². The Hall–Kier alpha value is -1.39. The number of hydrogen-bond acceptors (Lipinski definition) is 3. The number of nitrogens with zero attached hydrogens (tertiary/aromatic N) is 4. The van der Waals surface area contributed by atoms with Gasteiger partial charge in [0.1, 0.15) is 0 Å². The average molecular weight is 283 g/mol. The zero-order valence-electron chi connectivity index (χ0n) is 9.85. The maximum Gasteiger partial charge on any atom is 0.171 e. The van der Waals surface area contributed by atoms with E-state index >= 15 is 0 Å². The minimum atomic E-state index is 0.475. The molecule has 0 amide bonds. The van der Waals surface area contributed by atoms with Crippen molar-refractivity contribution in [3.63, 3.8) is 0 Å². The van der Waals surface area contributed by atoms with Crippen molar-refractivity contribution in [3.05, 3.63) is 46.2 Å². The van der Waals surface area contributed by atoms with Crippen LogP contribution >= 0.6 is 23.2 Å². The molecule has 0 bridgehead atoms. The van der Waals surface area contributed by atoms with Gasteiger partial charge in [0.25, 0.3) is 0 Å². The van der Waals surface area contributed by atoms with Gasteiger partial charge in [0.2, 0.25) is 0 Å². The first kappa shape index (κ1) is 13.1. The topological polar surface area (TPSA) is 43.6 Å². The van der Waals surface area contributed by atoms with E-state index in [1.165, 1.54) is 0 Å². The molecule has 0 N–H and O–H groups in total. The number of hydrogen-bond donors (Lipinski definition) is 0. The highest BCUT2D eigenvalue weighted by Gasteiger charge is 2.04. The smallest absolute Gasteiger partial charge is 0.160 e. The Balaban J connectivity index is 2.29. The number of alkyl halides is 1. The van der Waals surface area contributed by atoms with Crippen LogP contribution in [0.2, 0.25) is 5.02 Å². The second-order valence-corrected chi connectivity index (χ2v) is 4.51. The van der Waals surface area contributed by atoms with Gasteiger partial charge in [-0.2, -0.15) is 4.80 Å². The number of aromatic nitrogens is 4. The van der Waals surface area contributed by atoms with Crippen LogP contribution in [0.3, 0.4) is 0 Å². The first-order valence-corrected chi connectivity index (χ1v) is 6.35. The van der Waals surface area contributed by atoms with Crippen molar-refractivity contribution in [2.45, 2.75) is 13.5 Å². The Bertz CT molecular complexity index is 563. The Kier molecular flexibility index (Phi) is 4.33. The molecule has 1 aromatic carbocycles. The zero-order valence-corrected chi connectivity index (χ0v) is 11.4. The minimum Gasteiger partial charge on any atom is -0.160 e. The van der Waals surface area contributed by atoms with Crippen molar-refractivity contribution in [2.75, 3.05) is 5.88 Å². The van der Waals surface area contributed by atoms with Gasteiger partial charge in [-0.25, -0.2) is 0 Å². The molecule has 18 heavy (non-hydrogen) atoms. The number of benzene rings is 1. The van der Waals surface area contributed by atoms with E-state index in [9.17, 15) is 0 Å². The summed E-state index contributed by atoms with van der Waals surface area (Å²) >= 11 is 11.7. The van der Waals surface area contributed by atoms with E-state index in [4.69, 9.17) is 23.2 Å². The normalized spacial score (nSPS) is 11.3. The molecule has 0 saturated carbocycles. The van der Waals surface area contributed by atoms with Gasteiger partial charge in [-0.3, -0.25) is 0 Å². The Morgan fingerprint density at radius 3 is 2.89 bits per heavy atom. The number of tetrazole rings is 1. The summed E-state index contributed by atoms with van der Waals surface area (Å²) in [5, 5.41) is 12.6. The third kappa shape index (κ3) is 3.31. The fourth-order valence-electron chi connectivity index (χ4n) is 1.59. The van der Waals surface area contributed by atoms with Gasteiger partial charge in [0.05, 0.1) is 6.54 Å². The van der Waals surface area contributed by atoms with Gasteiger partial charge >= 0.3 is 0 Å². The predicted octanol–water partition coefficient (Wildman–Crippen LogP) is 2.94. The maximum absolute atomic E-state index is 6.01. The van der Waals surface area contributed by atoms with E-state index in [2.05, 4.69) is 15.4 Å². The lowest BCUT2D eigenvalue weighted by atomic mass is 10.1. The molecular formula is C12H12Cl2N4. The number of halogens is 2. The maximum atomic E-state index is 6.01. The molecule has 0 radical (unpaired) electrons. The highest BCUT2D eigenvalue weighted by atomic mass is 35.5. The molecule has 0 unspecified atom stereocenters.